The van der Waals surface area contributed by atoms with Gasteiger partial charge in [-0.15, -0.1) is 4.52 Å². The maximum atomic E-state index is 11.8. The summed E-state index contributed by atoms with van der Waals surface area (Å²) in [6, 6.07) is 0. The van der Waals surface area contributed by atoms with E-state index in [0.29, 0.717) is 32.6 Å². The lowest BCUT2D eigenvalue weighted by Crippen LogP contribution is -2.24. The summed E-state index contributed by atoms with van der Waals surface area (Å²) in [7, 11) is -1.52. The molecular weight excluding hydrogens is 425 g/mol. The molecule has 0 aromatic heterocycles. The first kappa shape index (κ1) is 31.0. The van der Waals surface area contributed by atoms with Crippen molar-refractivity contribution in [3.63, 3.8) is 0 Å². The van der Waals surface area contributed by atoms with Gasteiger partial charge in [0.05, 0.1) is 6.61 Å². The molecule has 0 aliphatic carbocycles. The first-order valence-electron chi connectivity index (χ1n) is 13.0. The third kappa shape index (κ3) is 25.3. The molecule has 0 fully saturated rings. The number of ether oxygens (including phenoxy) is 1. The van der Waals surface area contributed by atoms with Crippen molar-refractivity contribution in [1.82, 2.24) is 5.32 Å². The molecule has 0 aliphatic heterocycles. The molecular formula is C25H49NO5P+. The largest absolute Gasteiger partial charge is 0.504 e. The number of hydrogen-bond donors (Lipinski definition) is 1. The average Bonchev–Trinajstić information content (AvgIpc) is 2.76. The van der Waals surface area contributed by atoms with Gasteiger partial charge in [0.25, 0.3) is 0 Å². The van der Waals surface area contributed by atoms with E-state index in [9.17, 15) is 14.2 Å². The molecule has 1 N–H and O–H groups in total. The van der Waals surface area contributed by atoms with Crippen LogP contribution in [0, 0.1) is 0 Å². The van der Waals surface area contributed by atoms with Gasteiger partial charge >= 0.3 is 14.0 Å². The minimum absolute atomic E-state index is 0.0726. The smallest absolute Gasteiger partial charge is 0.466 e. The number of amides is 1. The first-order valence-corrected chi connectivity index (χ1v) is 14.6. The number of carbonyl (C=O) groups excluding carboxylic acids is 2. The lowest BCUT2D eigenvalue weighted by molar-refractivity contribution is -0.143. The predicted molar refractivity (Wildman–Crippen MR) is 132 cm³/mol. The number of hydrogen-bond acceptors (Lipinski definition) is 5. The maximum absolute atomic E-state index is 11.8. The Labute approximate surface area is 197 Å². The molecule has 0 radical (unpaired) electrons. The Balaban J connectivity index is 3.29. The van der Waals surface area contributed by atoms with Crippen LogP contribution in [0.25, 0.3) is 0 Å². The van der Waals surface area contributed by atoms with Gasteiger partial charge in [0.2, 0.25) is 5.91 Å². The molecule has 188 valence electrons. The van der Waals surface area contributed by atoms with Gasteiger partial charge < -0.3 is 10.1 Å². The van der Waals surface area contributed by atoms with E-state index >= 15 is 0 Å². The third-order valence-electron chi connectivity index (χ3n) is 5.46. The highest BCUT2D eigenvalue weighted by atomic mass is 31.1. The Morgan fingerprint density at radius 3 is 1.88 bits per heavy atom. The Morgan fingerprint density at radius 1 is 0.688 bits per heavy atom. The maximum Gasteiger partial charge on any atom is 0.504 e. The van der Waals surface area contributed by atoms with E-state index in [2.05, 4.69) is 12.2 Å². The van der Waals surface area contributed by atoms with Crippen LogP contribution < -0.4 is 5.32 Å². The first-order chi connectivity index (χ1) is 15.6. The minimum atomic E-state index is -1.52. The molecule has 0 spiro atoms. The standard InChI is InChI=1S/C25H48NO5P/c1-3-4-5-6-7-8-9-10-11-17-22-30-25(28)20-15-12-16-21-26-24(27)19-14-13-18-23-31-32(2)29/h3-23H2,1-2H3/p+1. The SMILES string of the molecule is CCCCCCCCCCCCOC(=O)CCCCCNC(=O)CCCCCO[P+](C)=O. The van der Waals surface area contributed by atoms with E-state index in [-0.39, 0.29) is 11.9 Å². The highest BCUT2D eigenvalue weighted by Crippen LogP contribution is 2.16. The lowest BCUT2D eigenvalue weighted by atomic mass is 10.1. The van der Waals surface area contributed by atoms with Crippen LogP contribution >= 0.6 is 8.03 Å². The topological polar surface area (TPSA) is 81.7 Å². The van der Waals surface area contributed by atoms with Gasteiger partial charge in [-0.2, -0.15) is 0 Å². The second kappa shape index (κ2) is 24.6. The van der Waals surface area contributed by atoms with Gasteiger partial charge in [0.1, 0.15) is 6.61 Å². The molecule has 32 heavy (non-hydrogen) atoms. The molecule has 0 aromatic rings. The van der Waals surface area contributed by atoms with Crippen molar-refractivity contribution in [2.75, 3.05) is 26.4 Å². The van der Waals surface area contributed by atoms with Crippen LogP contribution in [0.4, 0.5) is 0 Å². The molecule has 6 nitrogen and oxygen atoms in total. The van der Waals surface area contributed by atoms with E-state index in [4.69, 9.17) is 9.26 Å². The molecule has 1 unspecified atom stereocenters. The molecule has 0 bridgehead atoms. The number of carbonyl (C=O) groups is 2. The summed E-state index contributed by atoms with van der Waals surface area (Å²) in [5, 5.41) is 2.92. The summed E-state index contributed by atoms with van der Waals surface area (Å²) >= 11 is 0. The summed E-state index contributed by atoms with van der Waals surface area (Å²) < 4.78 is 21.1. The normalized spacial score (nSPS) is 11.4. The van der Waals surface area contributed by atoms with Crippen LogP contribution in [0.2, 0.25) is 0 Å². The van der Waals surface area contributed by atoms with E-state index in [0.717, 1.165) is 51.4 Å². The summed E-state index contributed by atoms with van der Waals surface area (Å²) in [6.45, 7) is 5.50. The summed E-state index contributed by atoms with van der Waals surface area (Å²) in [6.07, 6.45) is 18.9. The zero-order valence-electron chi connectivity index (χ0n) is 20.8. The summed E-state index contributed by atoms with van der Waals surface area (Å²) in [4.78, 5) is 23.5. The second-order valence-corrected chi connectivity index (χ2v) is 9.78. The zero-order valence-corrected chi connectivity index (χ0v) is 21.7. The number of esters is 1. The highest BCUT2D eigenvalue weighted by molar-refractivity contribution is 7.38. The van der Waals surface area contributed by atoms with Crippen molar-refractivity contribution >= 4 is 19.9 Å². The van der Waals surface area contributed by atoms with Gasteiger partial charge in [-0.1, -0.05) is 77.6 Å². The molecule has 0 rings (SSSR count). The van der Waals surface area contributed by atoms with Crippen LogP contribution in [0.1, 0.15) is 122 Å². The second-order valence-electron chi connectivity index (χ2n) is 8.65. The van der Waals surface area contributed by atoms with E-state index in [1.807, 2.05) is 0 Å². The van der Waals surface area contributed by atoms with Crippen molar-refractivity contribution in [3.8, 4) is 0 Å². The van der Waals surface area contributed by atoms with Crippen molar-refractivity contribution in [2.24, 2.45) is 0 Å². The quantitative estimate of drug-likeness (QED) is 0.0918. The fourth-order valence-electron chi connectivity index (χ4n) is 3.49. The highest BCUT2D eigenvalue weighted by Gasteiger charge is 2.06. The van der Waals surface area contributed by atoms with Gasteiger partial charge in [-0.3, -0.25) is 9.59 Å². The van der Waals surface area contributed by atoms with Gasteiger partial charge in [0.15, 0.2) is 6.66 Å². The van der Waals surface area contributed by atoms with Crippen LogP contribution in [0.3, 0.4) is 0 Å². The fourth-order valence-corrected chi connectivity index (χ4v) is 3.88. The van der Waals surface area contributed by atoms with Crippen molar-refractivity contribution < 1.29 is 23.4 Å². The molecule has 1 atom stereocenters. The number of nitrogens with one attached hydrogen (secondary N) is 1. The third-order valence-corrected chi connectivity index (χ3v) is 6.01. The van der Waals surface area contributed by atoms with Crippen LogP contribution in [-0.4, -0.2) is 38.3 Å². The Morgan fingerprint density at radius 2 is 1.22 bits per heavy atom. The van der Waals surface area contributed by atoms with E-state index < -0.39 is 8.03 Å². The summed E-state index contributed by atoms with van der Waals surface area (Å²) in [5.74, 6) is -0.0232. The molecule has 0 heterocycles. The average molecular weight is 475 g/mol. The predicted octanol–water partition coefficient (Wildman–Crippen LogP) is 7.08. The van der Waals surface area contributed by atoms with Crippen molar-refractivity contribution in [2.45, 2.75) is 122 Å². The van der Waals surface area contributed by atoms with Crippen LogP contribution in [0.5, 0.6) is 0 Å². The van der Waals surface area contributed by atoms with Crippen molar-refractivity contribution in [3.05, 3.63) is 0 Å². The number of unbranched alkanes of at least 4 members (excludes halogenated alkanes) is 13. The van der Waals surface area contributed by atoms with Gasteiger partial charge in [-0.05, 0) is 36.7 Å². The summed E-state index contributed by atoms with van der Waals surface area (Å²) in [5.41, 5.74) is 0. The monoisotopic (exact) mass is 474 g/mol. The van der Waals surface area contributed by atoms with Crippen LogP contribution in [0.15, 0.2) is 0 Å². The van der Waals surface area contributed by atoms with E-state index in [1.54, 1.807) is 6.66 Å². The van der Waals surface area contributed by atoms with Crippen molar-refractivity contribution in [1.29, 1.82) is 0 Å². The number of rotatable bonds is 24. The van der Waals surface area contributed by atoms with E-state index in [1.165, 1.54) is 51.4 Å². The lowest BCUT2D eigenvalue weighted by Gasteiger charge is -2.06. The fraction of sp³-hybridized carbons (Fsp3) is 0.920. The Hall–Kier alpha value is -1.00. The van der Waals surface area contributed by atoms with Gasteiger partial charge in [-0.25, -0.2) is 0 Å². The molecule has 0 saturated carbocycles. The molecule has 0 saturated heterocycles. The molecule has 0 aromatic carbocycles. The molecule has 7 heteroatoms. The molecule has 0 aliphatic rings. The van der Waals surface area contributed by atoms with Gasteiger partial charge in [0, 0.05) is 19.4 Å². The Kier molecular flexibility index (Phi) is 23.9. The van der Waals surface area contributed by atoms with Crippen LogP contribution in [-0.2, 0) is 23.4 Å². The zero-order chi connectivity index (χ0) is 23.7. The Bertz CT molecular complexity index is 473. The molecule has 1 amide bonds. The minimum Gasteiger partial charge on any atom is -0.466 e.